The van der Waals surface area contributed by atoms with Crippen molar-refractivity contribution in [2.75, 3.05) is 0 Å². The van der Waals surface area contributed by atoms with Crippen LogP contribution in [-0.4, -0.2) is 32.9 Å². The molecule has 8 nitrogen and oxygen atoms in total. The second-order valence-electron chi connectivity index (χ2n) is 4.37. The number of nitrogens with zero attached hydrogens (tertiary/aromatic N) is 4. The lowest BCUT2D eigenvalue weighted by Crippen LogP contribution is -2.28. The zero-order chi connectivity index (χ0) is 14.7. The van der Waals surface area contributed by atoms with Crippen molar-refractivity contribution >= 4 is 17.3 Å². The minimum absolute atomic E-state index is 0.254. The molecular formula is C13H11N5O3. The van der Waals surface area contributed by atoms with E-state index >= 15 is 0 Å². The number of carbonyl (C=O) groups excluding carboxylic acids is 1. The zero-order valence-corrected chi connectivity index (χ0v) is 10.9. The zero-order valence-electron chi connectivity index (χ0n) is 10.9. The molecular weight excluding hydrogens is 274 g/mol. The monoisotopic (exact) mass is 285 g/mol. The van der Waals surface area contributed by atoms with Crippen molar-refractivity contribution in [1.82, 2.24) is 15.7 Å². The minimum atomic E-state index is -0.371. The largest absolute Gasteiger partial charge is 0.411 e. The van der Waals surface area contributed by atoms with Crippen LogP contribution in [0.15, 0.2) is 45.2 Å². The number of aromatic nitrogens is 2. The van der Waals surface area contributed by atoms with Crippen LogP contribution >= 0.6 is 0 Å². The maximum Gasteiger partial charge on any atom is 0.271 e. The number of benzene rings is 1. The Hall–Kier alpha value is -3.03. The normalized spacial score (nSPS) is 17.7. The van der Waals surface area contributed by atoms with Crippen LogP contribution < -0.4 is 5.43 Å². The average molecular weight is 285 g/mol. The van der Waals surface area contributed by atoms with E-state index in [-0.39, 0.29) is 11.6 Å². The molecule has 1 heterocycles. The topological polar surface area (TPSA) is 113 Å². The molecule has 0 unspecified atom stereocenters. The van der Waals surface area contributed by atoms with E-state index in [4.69, 9.17) is 5.21 Å². The number of nitrogens with one attached hydrogen (secondary N) is 1. The number of aryl methyl sites for hydroxylation is 1. The average Bonchev–Trinajstić information content (AvgIpc) is 3.01. The quantitative estimate of drug-likeness (QED) is 0.630. The Labute approximate surface area is 119 Å². The third kappa shape index (κ3) is 2.50. The molecule has 1 amide bonds. The molecule has 0 atom stereocenters. The molecule has 0 radical (unpaired) electrons. The molecule has 3 rings (SSSR count). The Balaban J connectivity index is 1.87. The van der Waals surface area contributed by atoms with E-state index < -0.39 is 0 Å². The maximum atomic E-state index is 12.0. The number of hydrazone groups is 1. The van der Waals surface area contributed by atoms with Crippen LogP contribution in [-0.2, 0) is 6.42 Å². The van der Waals surface area contributed by atoms with Gasteiger partial charge in [-0.25, -0.2) is 10.1 Å². The van der Waals surface area contributed by atoms with Crippen LogP contribution in [0.5, 0.6) is 0 Å². The Morgan fingerprint density at radius 1 is 1.24 bits per heavy atom. The predicted molar refractivity (Wildman–Crippen MR) is 72.3 cm³/mol. The molecule has 0 fully saturated rings. The number of fused-ring (bicyclic) bond motifs is 1. The molecule has 0 spiro atoms. The van der Waals surface area contributed by atoms with Gasteiger partial charge in [-0.1, -0.05) is 28.5 Å². The van der Waals surface area contributed by atoms with E-state index in [1.165, 1.54) is 0 Å². The van der Waals surface area contributed by atoms with E-state index in [2.05, 4.69) is 30.6 Å². The fourth-order valence-electron chi connectivity index (χ4n) is 2.02. The van der Waals surface area contributed by atoms with Gasteiger partial charge in [0.05, 0.1) is 0 Å². The van der Waals surface area contributed by atoms with Gasteiger partial charge in [0.1, 0.15) is 17.1 Å². The highest BCUT2D eigenvalue weighted by molar-refractivity contribution is 6.48. The summed E-state index contributed by atoms with van der Waals surface area (Å²) in [6.45, 7) is 0. The molecule has 0 saturated carbocycles. The number of hydrogen-bond donors (Lipinski definition) is 2. The van der Waals surface area contributed by atoms with Crippen molar-refractivity contribution in [2.45, 2.75) is 12.8 Å². The van der Waals surface area contributed by atoms with Crippen LogP contribution in [0.4, 0.5) is 0 Å². The van der Waals surface area contributed by atoms with Crippen LogP contribution in [0.25, 0.3) is 0 Å². The van der Waals surface area contributed by atoms with Crippen molar-refractivity contribution in [3.8, 4) is 0 Å². The highest BCUT2D eigenvalue weighted by Gasteiger charge is 2.27. The van der Waals surface area contributed by atoms with Crippen LogP contribution in [0.1, 0.15) is 28.2 Å². The number of carbonyl (C=O) groups is 1. The predicted octanol–water partition coefficient (Wildman–Crippen LogP) is 0.980. The first-order valence-electron chi connectivity index (χ1n) is 6.26. The highest BCUT2D eigenvalue weighted by atomic mass is 16.6. The Morgan fingerprint density at radius 3 is 2.81 bits per heavy atom. The lowest BCUT2D eigenvalue weighted by atomic mass is 9.97. The SMILES string of the molecule is O=C(NN=C1C(=NO)CCc2nonc21)c1ccccc1. The van der Waals surface area contributed by atoms with Gasteiger partial charge in [0, 0.05) is 18.4 Å². The third-order valence-electron chi connectivity index (χ3n) is 3.08. The summed E-state index contributed by atoms with van der Waals surface area (Å²) in [5, 5.41) is 23.7. The second kappa shape index (κ2) is 5.53. The first kappa shape index (κ1) is 13.0. The number of oxime groups is 1. The van der Waals surface area contributed by atoms with Crippen molar-refractivity contribution < 1.29 is 14.6 Å². The summed E-state index contributed by atoms with van der Waals surface area (Å²) in [6, 6.07) is 8.65. The van der Waals surface area contributed by atoms with Crippen molar-refractivity contribution in [3.05, 3.63) is 47.3 Å². The molecule has 8 heteroatoms. The van der Waals surface area contributed by atoms with Gasteiger partial charge in [-0.2, -0.15) is 5.10 Å². The minimum Gasteiger partial charge on any atom is -0.411 e. The summed E-state index contributed by atoms with van der Waals surface area (Å²) in [7, 11) is 0. The maximum absolute atomic E-state index is 12.0. The second-order valence-corrected chi connectivity index (χ2v) is 4.37. The molecule has 1 aliphatic rings. The number of hydrogen-bond acceptors (Lipinski definition) is 7. The van der Waals surface area contributed by atoms with E-state index in [0.717, 1.165) is 0 Å². The molecule has 0 bridgehead atoms. The molecule has 106 valence electrons. The van der Waals surface area contributed by atoms with Gasteiger partial charge in [0.25, 0.3) is 5.91 Å². The van der Waals surface area contributed by atoms with Crippen molar-refractivity contribution in [1.29, 1.82) is 0 Å². The smallest absolute Gasteiger partial charge is 0.271 e. The summed E-state index contributed by atoms with van der Waals surface area (Å²) in [4.78, 5) is 12.0. The molecule has 1 aromatic heterocycles. The van der Waals surface area contributed by atoms with Crippen LogP contribution in [0, 0.1) is 0 Å². The molecule has 2 N–H and O–H groups in total. The van der Waals surface area contributed by atoms with Gasteiger partial charge in [-0.3, -0.25) is 4.79 Å². The lowest BCUT2D eigenvalue weighted by Gasteiger charge is -2.11. The van der Waals surface area contributed by atoms with E-state index in [1.807, 2.05) is 6.07 Å². The number of rotatable bonds is 2. The lowest BCUT2D eigenvalue weighted by molar-refractivity contribution is 0.0955. The van der Waals surface area contributed by atoms with Crippen LogP contribution in [0.2, 0.25) is 0 Å². The Bertz CT molecular complexity index is 720. The summed E-state index contributed by atoms with van der Waals surface area (Å²) >= 11 is 0. The van der Waals surface area contributed by atoms with Crippen molar-refractivity contribution in [2.24, 2.45) is 10.3 Å². The molecule has 0 saturated heterocycles. The molecule has 1 aromatic carbocycles. The Kier molecular flexibility index (Phi) is 3.42. The number of amides is 1. The first-order chi connectivity index (χ1) is 10.3. The fourth-order valence-corrected chi connectivity index (χ4v) is 2.02. The van der Waals surface area contributed by atoms with Gasteiger partial charge in [0.2, 0.25) is 0 Å². The van der Waals surface area contributed by atoms with Gasteiger partial charge in [0.15, 0.2) is 5.69 Å². The van der Waals surface area contributed by atoms with Gasteiger partial charge in [-0.15, -0.1) is 0 Å². The Morgan fingerprint density at radius 2 is 2.05 bits per heavy atom. The molecule has 21 heavy (non-hydrogen) atoms. The summed E-state index contributed by atoms with van der Waals surface area (Å²) in [6.07, 6.45) is 0.988. The van der Waals surface area contributed by atoms with Gasteiger partial charge < -0.3 is 5.21 Å². The van der Waals surface area contributed by atoms with E-state index in [0.29, 0.717) is 35.5 Å². The fraction of sp³-hybridized carbons (Fsp3) is 0.154. The van der Waals surface area contributed by atoms with Crippen molar-refractivity contribution in [3.63, 3.8) is 0 Å². The summed E-state index contributed by atoms with van der Waals surface area (Å²) in [5.41, 5.74) is 4.46. The third-order valence-corrected chi connectivity index (χ3v) is 3.08. The summed E-state index contributed by atoms with van der Waals surface area (Å²) < 4.78 is 4.65. The van der Waals surface area contributed by atoms with Gasteiger partial charge in [-0.05, 0) is 17.3 Å². The van der Waals surface area contributed by atoms with Gasteiger partial charge >= 0.3 is 0 Å². The van der Waals surface area contributed by atoms with E-state index in [1.54, 1.807) is 24.3 Å². The standard InChI is InChI=1S/C13H11N5O3/c19-13(8-4-2-1-3-5-8)15-14-11-9(16-20)6-7-10-12(11)18-21-17-10/h1-5,20H,6-7H2,(H,15,19). The van der Waals surface area contributed by atoms with E-state index in [9.17, 15) is 4.79 Å². The first-order valence-corrected chi connectivity index (χ1v) is 6.26. The molecule has 0 aliphatic heterocycles. The molecule has 2 aromatic rings. The molecule has 1 aliphatic carbocycles. The summed E-state index contributed by atoms with van der Waals surface area (Å²) in [5.74, 6) is -0.371. The van der Waals surface area contributed by atoms with Crippen LogP contribution in [0.3, 0.4) is 0 Å². The highest BCUT2D eigenvalue weighted by Crippen LogP contribution is 2.16.